The van der Waals surface area contributed by atoms with Gasteiger partial charge >= 0.3 is 0 Å². The second kappa shape index (κ2) is 6.50. The third-order valence-electron chi connectivity index (χ3n) is 3.50. The van der Waals surface area contributed by atoms with Gasteiger partial charge in [-0.05, 0) is 37.6 Å². The minimum Gasteiger partial charge on any atom is -0.438 e. The Morgan fingerprint density at radius 1 is 1.10 bits per heavy atom. The molecule has 0 bridgehead atoms. The molecule has 108 valence electrons. The van der Waals surface area contributed by atoms with Gasteiger partial charge in [0.1, 0.15) is 5.75 Å². The van der Waals surface area contributed by atoms with E-state index in [0.29, 0.717) is 5.88 Å². The van der Waals surface area contributed by atoms with Crippen LogP contribution in [0.4, 0.5) is 0 Å². The molecule has 1 aliphatic heterocycles. The molecule has 0 atom stereocenters. The first-order valence-corrected chi connectivity index (χ1v) is 7.24. The molecule has 2 heterocycles. The Bertz CT molecular complexity index is 595. The SMILES string of the molecule is C=C1CCCN(Cc2ccc(Oc3ccccc3)nn2)C1. The Kier molecular flexibility index (Phi) is 4.26. The molecule has 1 saturated heterocycles. The van der Waals surface area contributed by atoms with Crippen LogP contribution in [-0.2, 0) is 6.54 Å². The molecule has 1 aliphatic rings. The predicted molar refractivity (Wildman–Crippen MR) is 82.2 cm³/mol. The van der Waals surface area contributed by atoms with Crippen LogP contribution in [0.2, 0.25) is 0 Å². The van der Waals surface area contributed by atoms with Gasteiger partial charge in [0, 0.05) is 19.2 Å². The fourth-order valence-electron chi connectivity index (χ4n) is 2.49. The molecule has 2 aromatic rings. The van der Waals surface area contributed by atoms with Gasteiger partial charge in [-0.2, -0.15) is 5.10 Å². The molecule has 0 aliphatic carbocycles. The third kappa shape index (κ3) is 3.89. The molecule has 0 radical (unpaired) electrons. The van der Waals surface area contributed by atoms with Crippen LogP contribution in [0, 0.1) is 0 Å². The topological polar surface area (TPSA) is 38.2 Å². The number of ether oxygens (including phenoxy) is 1. The zero-order valence-corrected chi connectivity index (χ0v) is 12.0. The van der Waals surface area contributed by atoms with Crippen molar-refractivity contribution in [3.63, 3.8) is 0 Å². The Morgan fingerprint density at radius 3 is 2.67 bits per heavy atom. The van der Waals surface area contributed by atoms with E-state index in [1.54, 1.807) is 0 Å². The van der Waals surface area contributed by atoms with Crippen molar-refractivity contribution in [2.75, 3.05) is 13.1 Å². The summed E-state index contributed by atoms with van der Waals surface area (Å²) in [6.45, 7) is 6.95. The van der Waals surface area contributed by atoms with Crippen LogP contribution >= 0.6 is 0 Å². The Hall–Kier alpha value is -2.20. The Balaban J connectivity index is 1.60. The maximum absolute atomic E-state index is 5.64. The molecule has 4 heteroatoms. The minimum atomic E-state index is 0.521. The molecular formula is C17H19N3O. The van der Waals surface area contributed by atoms with Crippen LogP contribution in [-0.4, -0.2) is 28.2 Å². The second-order valence-electron chi connectivity index (χ2n) is 5.34. The average molecular weight is 281 g/mol. The van der Waals surface area contributed by atoms with Crippen LogP contribution < -0.4 is 4.74 Å². The first-order valence-electron chi connectivity index (χ1n) is 7.24. The van der Waals surface area contributed by atoms with E-state index in [-0.39, 0.29) is 0 Å². The van der Waals surface area contributed by atoms with Gasteiger partial charge in [0.2, 0.25) is 5.88 Å². The van der Waals surface area contributed by atoms with E-state index < -0.39 is 0 Å². The fourth-order valence-corrected chi connectivity index (χ4v) is 2.49. The van der Waals surface area contributed by atoms with Crippen LogP contribution in [0.1, 0.15) is 18.5 Å². The first-order chi connectivity index (χ1) is 10.3. The number of piperidine rings is 1. The lowest BCUT2D eigenvalue weighted by Gasteiger charge is -2.27. The maximum Gasteiger partial charge on any atom is 0.238 e. The van der Waals surface area contributed by atoms with Crippen molar-refractivity contribution in [1.29, 1.82) is 0 Å². The molecule has 0 amide bonds. The van der Waals surface area contributed by atoms with Crippen LogP contribution in [0.25, 0.3) is 0 Å². The van der Waals surface area contributed by atoms with E-state index in [1.165, 1.54) is 12.0 Å². The normalized spacial score (nSPS) is 15.9. The molecule has 3 rings (SSSR count). The highest BCUT2D eigenvalue weighted by Gasteiger charge is 2.13. The van der Waals surface area contributed by atoms with Gasteiger partial charge in [0.05, 0.1) is 5.69 Å². The number of nitrogens with zero attached hydrogens (tertiary/aromatic N) is 3. The lowest BCUT2D eigenvalue weighted by Crippen LogP contribution is -2.30. The molecule has 0 saturated carbocycles. The Morgan fingerprint density at radius 2 is 1.95 bits per heavy atom. The van der Waals surface area contributed by atoms with Crippen molar-refractivity contribution in [2.45, 2.75) is 19.4 Å². The van der Waals surface area contributed by atoms with Crippen molar-refractivity contribution < 1.29 is 4.74 Å². The number of benzene rings is 1. The molecule has 0 unspecified atom stereocenters. The van der Waals surface area contributed by atoms with Gasteiger partial charge in [-0.1, -0.05) is 30.4 Å². The molecule has 1 fully saturated rings. The molecular weight excluding hydrogens is 262 g/mol. The molecule has 0 spiro atoms. The summed E-state index contributed by atoms with van der Waals surface area (Å²) < 4.78 is 5.64. The van der Waals surface area contributed by atoms with Gasteiger partial charge in [0.15, 0.2) is 0 Å². The summed E-state index contributed by atoms with van der Waals surface area (Å²) in [4.78, 5) is 2.35. The summed E-state index contributed by atoms with van der Waals surface area (Å²) in [5, 5.41) is 8.38. The lowest BCUT2D eigenvalue weighted by molar-refractivity contribution is 0.254. The minimum absolute atomic E-state index is 0.521. The quantitative estimate of drug-likeness (QED) is 0.805. The van der Waals surface area contributed by atoms with Gasteiger partial charge < -0.3 is 4.74 Å². The third-order valence-corrected chi connectivity index (χ3v) is 3.50. The van der Waals surface area contributed by atoms with Crippen molar-refractivity contribution in [3.05, 3.63) is 60.3 Å². The van der Waals surface area contributed by atoms with Gasteiger partial charge in [-0.3, -0.25) is 4.90 Å². The fraction of sp³-hybridized carbons (Fsp3) is 0.294. The molecule has 0 N–H and O–H groups in total. The maximum atomic E-state index is 5.64. The van der Waals surface area contributed by atoms with Crippen LogP contribution in [0.3, 0.4) is 0 Å². The molecule has 1 aromatic carbocycles. The largest absolute Gasteiger partial charge is 0.438 e. The zero-order valence-electron chi connectivity index (χ0n) is 12.0. The van der Waals surface area contributed by atoms with E-state index in [4.69, 9.17) is 4.74 Å². The van der Waals surface area contributed by atoms with E-state index in [9.17, 15) is 0 Å². The molecule has 21 heavy (non-hydrogen) atoms. The number of hydrogen-bond donors (Lipinski definition) is 0. The average Bonchev–Trinajstić information content (AvgIpc) is 2.50. The molecule has 4 nitrogen and oxygen atoms in total. The smallest absolute Gasteiger partial charge is 0.238 e. The van der Waals surface area contributed by atoms with E-state index in [0.717, 1.165) is 37.5 Å². The van der Waals surface area contributed by atoms with Gasteiger partial charge in [0.25, 0.3) is 0 Å². The number of para-hydroxylation sites is 1. The lowest BCUT2D eigenvalue weighted by atomic mass is 10.1. The van der Waals surface area contributed by atoms with Crippen molar-refractivity contribution in [1.82, 2.24) is 15.1 Å². The second-order valence-corrected chi connectivity index (χ2v) is 5.34. The number of aromatic nitrogens is 2. The Labute approximate surface area is 125 Å². The zero-order chi connectivity index (χ0) is 14.5. The van der Waals surface area contributed by atoms with E-state index in [2.05, 4.69) is 21.7 Å². The first kappa shape index (κ1) is 13.8. The van der Waals surface area contributed by atoms with Crippen molar-refractivity contribution >= 4 is 0 Å². The van der Waals surface area contributed by atoms with Crippen molar-refractivity contribution in [3.8, 4) is 11.6 Å². The summed E-state index contributed by atoms with van der Waals surface area (Å²) >= 11 is 0. The van der Waals surface area contributed by atoms with E-state index in [1.807, 2.05) is 42.5 Å². The van der Waals surface area contributed by atoms with Crippen LogP contribution in [0.5, 0.6) is 11.6 Å². The summed E-state index contributed by atoms with van der Waals surface area (Å²) in [6, 6.07) is 13.5. The number of rotatable bonds is 4. The highest BCUT2D eigenvalue weighted by atomic mass is 16.5. The number of likely N-dealkylation sites (tertiary alicyclic amines) is 1. The van der Waals surface area contributed by atoms with E-state index >= 15 is 0 Å². The van der Waals surface area contributed by atoms with Crippen molar-refractivity contribution in [2.24, 2.45) is 0 Å². The summed E-state index contributed by atoms with van der Waals surface area (Å²) in [5.41, 5.74) is 2.27. The molecule has 1 aromatic heterocycles. The number of hydrogen-bond acceptors (Lipinski definition) is 4. The van der Waals surface area contributed by atoms with Gasteiger partial charge in [-0.15, -0.1) is 5.10 Å². The summed E-state index contributed by atoms with van der Waals surface area (Å²) in [5.74, 6) is 1.29. The predicted octanol–water partition coefficient (Wildman–Crippen LogP) is 3.42. The van der Waals surface area contributed by atoms with Crippen LogP contribution in [0.15, 0.2) is 54.6 Å². The standard InChI is InChI=1S/C17H19N3O/c1-14-6-5-11-20(12-14)13-15-9-10-17(19-18-15)21-16-7-3-2-4-8-16/h2-4,7-10H,1,5-6,11-13H2. The summed E-state index contributed by atoms with van der Waals surface area (Å²) in [6.07, 6.45) is 2.33. The highest BCUT2D eigenvalue weighted by Crippen LogP contribution is 2.19. The van der Waals surface area contributed by atoms with Gasteiger partial charge in [-0.25, -0.2) is 0 Å². The highest BCUT2D eigenvalue weighted by molar-refractivity contribution is 5.26. The summed E-state index contributed by atoms with van der Waals surface area (Å²) in [7, 11) is 0. The monoisotopic (exact) mass is 281 g/mol.